The average Bonchev–Trinajstić information content (AvgIpc) is 3.07. The number of nitrogens with zero attached hydrogens (tertiary/aromatic N) is 4. The van der Waals surface area contributed by atoms with Crippen LogP contribution < -0.4 is 10.9 Å². The van der Waals surface area contributed by atoms with Crippen molar-refractivity contribution in [3.8, 4) is 5.82 Å². The molecule has 0 unspecified atom stereocenters. The highest BCUT2D eigenvalue weighted by Gasteiger charge is 2.10. The molecule has 0 spiro atoms. The van der Waals surface area contributed by atoms with Crippen molar-refractivity contribution in [2.24, 2.45) is 0 Å². The first-order valence-corrected chi connectivity index (χ1v) is 6.91. The lowest BCUT2D eigenvalue weighted by Gasteiger charge is -2.06. The van der Waals surface area contributed by atoms with E-state index in [9.17, 15) is 9.59 Å². The first kappa shape index (κ1) is 14.6. The van der Waals surface area contributed by atoms with Crippen LogP contribution in [0.2, 0.25) is 0 Å². The van der Waals surface area contributed by atoms with E-state index >= 15 is 0 Å². The van der Waals surface area contributed by atoms with Crippen molar-refractivity contribution in [2.75, 3.05) is 0 Å². The summed E-state index contributed by atoms with van der Waals surface area (Å²) in [5.41, 5.74) is 1.20. The van der Waals surface area contributed by atoms with E-state index in [1.165, 1.54) is 17.1 Å². The summed E-state index contributed by atoms with van der Waals surface area (Å²) in [6.45, 7) is 2.03. The van der Waals surface area contributed by atoms with Crippen LogP contribution in [0.4, 0.5) is 0 Å². The molecule has 0 atom stereocenters. The molecule has 0 aromatic carbocycles. The second-order valence-corrected chi connectivity index (χ2v) is 4.93. The van der Waals surface area contributed by atoms with Gasteiger partial charge in [0.2, 0.25) is 0 Å². The first-order chi connectivity index (χ1) is 11.1. The summed E-state index contributed by atoms with van der Waals surface area (Å²) in [5, 5.41) is 6.68. The van der Waals surface area contributed by atoms with Gasteiger partial charge in [0.05, 0.1) is 0 Å². The van der Waals surface area contributed by atoms with Gasteiger partial charge >= 0.3 is 0 Å². The summed E-state index contributed by atoms with van der Waals surface area (Å²) in [6.07, 6.45) is 4.61. The molecular weight excluding hydrogens is 296 g/mol. The number of rotatable bonds is 4. The maximum atomic E-state index is 12.0. The van der Waals surface area contributed by atoms with Crippen molar-refractivity contribution < 1.29 is 4.79 Å². The van der Waals surface area contributed by atoms with E-state index in [0.29, 0.717) is 11.5 Å². The molecule has 0 aliphatic carbocycles. The van der Waals surface area contributed by atoms with E-state index < -0.39 is 11.5 Å². The van der Waals surface area contributed by atoms with Gasteiger partial charge in [-0.05, 0) is 30.7 Å². The summed E-state index contributed by atoms with van der Waals surface area (Å²) in [5.74, 6) is 0.208. The molecule has 0 saturated heterocycles. The van der Waals surface area contributed by atoms with Gasteiger partial charge in [0.15, 0.2) is 5.82 Å². The Bertz CT molecular complexity index is 868. The van der Waals surface area contributed by atoms with Gasteiger partial charge in [-0.3, -0.25) is 9.59 Å². The molecule has 0 aliphatic rings. The SMILES string of the molecule is Cc1ccc(C(=O)NCc2ccc(-n3cncn3)nc2)c(=O)[nH]1. The summed E-state index contributed by atoms with van der Waals surface area (Å²) < 4.78 is 1.54. The van der Waals surface area contributed by atoms with E-state index in [2.05, 4.69) is 25.4 Å². The molecule has 116 valence electrons. The minimum Gasteiger partial charge on any atom is -0.348 e. The number of hydrogen-bond acceptors (Lipinski definition) is 5. The Kier molecular flexibility index (Phi) is 3.96. The van der Waals surface area contributed by atoms with Crippen molar-refractivity contribution in [1.82, 2.24) is 30.0 Å². The van der Waals surface area contributed by atoms with Crippen LogP contribution in [0.25, 0.3) is 5.82 Å². The zero-order valence-corrected chi connectivity index (χ0v) is 12.4. The number of amides is 1. The summed E-state index contributed by atoms with van der Waals surface area (Å²) in [6, 6.07) is 6.79. The van der Waals surface area contributed by atoms with Crippen molar-refractivity contribution >= 4 is 5.91 Å². The van der Waals surface area contributed by atoms with Crippen LogP contribution >= 0.6 is 0 Å². The van der Waals surface area contributed by atoms with Crippen LogP contribution in [0.15, 0.2) is 47.9 Å². The zero-order valence-electron chi connectivity index (χ0n) is 12.4. The monoisotopic (exact) mass is 310 g/mol. The fraction of sp³-hybridized carbons (Fsp3) is 0.133. The predicted octanol–water partition coefficient (Wildman–Crippen LogP) is 0.589. The zero-order chi connectivity index (χ0) is 16.2. The highest BCUT2D eigenvalue weighted by molar-refractivity contribution is 5.93. The molecule has 3 heterocycles. The maximum Gasteiger partial charge on any atom is 0.260 e. The second kappa shape index (κ2) is 6.22. The number of pyridine rings is 2. The molecular formula is C15H14N6O2. The highest BCUT2D eigenvalue weighted by atomic mass is 16.2. The van der Waals surface area contributed by atoms with Gasteiger partial charge < -0.3 is 10.3 Å². The number of carbonyl (C=O) groups excluding carboxylic acids is 1. The first-order valence-electron chi connectivity index (χ1n) is 6.91. The average molecular weight is 310 g/mol. The van der Waals surface area contributed by atoms with Crippen LogP contribution in [-0.4, -0.2) is 30.6 Å². The smallest absolute Gasteiger partial charge is 0.260 e. The number of aromatic amines is 1. The van der Waals surface area contributed by atoms with Crippen LogP contribution in [-0.2, 0) is 6.54 Å². The molecule has 1 amide bonds. The van der Waals surface area contributed by atoms with E-state index in [0.717, 1.165) is 5.56 Å². The molecule has 0 aliphatic heterocycles. The minimum atomic E-state index is -0.424. The standard InChI is InChI=1S/C15H14N6O2/c1-10-2-4-12(15(23)20-10)14(22)18-7-11-3-5-13(17-6-11)21-9-16-8-19-21/h2-6,8-9H,7H2,1H3,(H,18,22)(H,20,23). The molecule has 8 heteroatoms. The lowest BCUT2D eigenvalue weighted by atomic mass is 10.2. The Labute approximate surface area is 131 Å². The molecule has 23 heavy (non-hydrogen) atoms. The van der Waals surface area contributed by atoms with Gasteiger partial charge in [-0.2, -0.15) is 5.10 Å². The van der Waals surface area contributed by atoms with Crippen molar-refractivity contribution in [3.63, 3.8) is 0 Å². The Morgan fingerprint density at radius 2 is 2.17 bits per heavy atom. The number of nitrogens with one attached hydrogen (secondary N) is 2. The van der Waals surface area contributed by atoms with Crippen molar-refractivity contribution in [2.45, 2.75) is 13.5 Å². The molecule has 2 N–H and O–H groups in total. The molecule has 0 bridgehead atoms. The van der Waals surface area contributed by atoms with Crippen molar-refractivity contribution in [3.05, 3.63) is 70.3 Å². The molecule has 3 aromatic heterocycles. The predicted molar refractivity (Wildman–Crippen MR) is 82.1 cm³/mol. The van der Waals surface area contributed by atoms with Crippen molar-refractivity contribution in [1.29, 1.82) is 0 Å². The highest BCUT2D eigenvalue weighted by Crippen LogP contribution is 2.04. The van der Waals surface area contributed by atoms with Crippen LogP contribution in [0.3, 0.4) is 0 Å². The Morgan fingerprint density at radius 3 is 2.83 bits per heavy atom. The number of aryl methyl sites for hydroxylation is 1. The quantitative estimate of drug-likeness (QED) is 0.733. The normalized spacial score (nSPS) is 10.5. The Hall–Kier alpha value is -3.29. The minimum absolute atomic E-state index is 0.0859. The third-order valence-electron chi connectivity index (χ3n) is 3.22. The molecule has 0 saturated carbocycles. The fourth-order valence-corrected chi connectivity index (χ4v) is 2.01. The van der Waals surface area contributed by atoms with E-state index in [1.54, 1.807) is 31.6 Å². The van der Waals surface area contributed by atoms with Crippen LogP contribution in [0, 0.1) is 6.92 Å². The summed E-state index contributed by atoms with van der Waals surface area (Å²) in [4.78, 5) is 34.4. The number of H-pyrrole nitrogens is 1. The van der Waals surface area contributed by atoms with E-state index in [1.807, 2.05) is 6.07 Å². The second-order valence-electron chi connectivity index (χ2n) is 4.93. The topological polar surface area (TPSA) is 106 Å². The largest absolute Gasteiger partial charge is 0.348 e. The van der Waals surface area contributed by atoms with E-state index in [4.69, 9.17) is 0 Å². The van der Waals surface area contributed by atoms with Gasteiger partial charge in [-0.15, -0.1) is 0 Å². The molecule has 0 fully saturated rings. The van der Waals surface area contributed by atoms with Gasteiger partial charge in [-0.1, -0.05) is 6.07 Å². The molecule has 3 rings (SSSR count). The van der Waals surface area contributed by atoms with Crippen LogP contribution in [0.5, 0.6) is 0 Å². The third-order valence-corrected chi connectivity index (χ3v) is 3.22. The third kappa shape index (κ3) is 3.31. The van der Waals surface area contributed by atoms with Gasteiger partial charge in [0, 0.05) is 18.4 Å². The fourth-order valence-electron chi connectivity index (χ4n) is 2.01. The Morgan fingerprint density at radius 1 is 1.30 bits per heavy atom. The number of hydrogen-bond donors (Lipinski definition) is 2. The lowest BCUT2D eigenvalue weighted by molar-refractivity contribution is 0.0949. The summed E-state index contributed by atoms with van der Waals surface area (Å²) in [7, 11) is 0. The molecule has 3 aromatic rings. The Balaban J connectivity index is 1.66. The van der Waals surface area contributed by atoms with Gasteiger partial charge in [0.1, 0.15) is 18.2 Å². The summed E-state index contributed by atoms with van der Waals surface area (Å²) >= 11 is 0. The van der Waals surface area contributed by atoms with Gasteiger partial charge in [-0.25, -0.2) is 14.6 Å². The van der Waals surface area contributed by atoms with E-state index in [-0.39, 0.29) is 12.1 Å². The number of aromatic nitrogens is 5. The lowest BCUT2D eigenvalue weighted by Crippen LogP contribution is -2.29. The van der Waals surface area contributed by atoms with Crippen LogP contribution in [0.1, 0.15) is 21.6 Å². The molecule has 0 radical (unpaired) electrons. The van der Waals surface area contributed by atoms with Gasteiger partial charge in [0.25, 0.3) is 11.5 Å². The maximum absolute atomic E-state index is 12.0. The number of carbonyl (C=O) groups is 1. The molecule has 8 nitrogen and oxygen atoms in total.